The summed E-state index contributed by atoms with van der Waals surface area (Å²) < 4.78 is 28.1. The molecule has 318 valence electrons. The van der Waals surface area contributed by atoms with E-state index in [1.54, 1.807) is 0 Å². The molecule has 0 bridgehead atoms. The number of aliphatic hydroxyl groups is 11. The number of aliphatic carboxylic acids is 1. The van der Waals surface area contributed by atoms with Gasteiger partial charge in [0, 0.05) is 0 Å². The van der Waals surface area contributed by atoms with Crippen molar-refractivity contribution >= 4 is 5.97 Å². The first-order valence-corrected chi connectivity index (χ1v) is 19.6. The number of ether oxygens (including phenoxy) is 5. The van der Waals surface area contributed by atoms with Gasteiger partial charge in [0.2, 0.25) is 5.79 Å². The third-order valence-corrected chi connectivity index (χ3v) is 10.9. The molecule has 16 atom stereocenters. The molecule has 0 radical (unpaired) electrons. The van der Waals surface area contributed by atoms with Gasteiger partial charge in [-0.05, 0) is 6.42 Å². The van der Waals surface area contributed by atoms with E-state index in [0.717, 1.165) is 32.1 Å². The fourth-order valence-electron chi connectivity index (χ4n) is 7.59. The fourth-order valence-corrected chi connectivity index (χ4v) is 7.59. The molecule has 0 spiro atoms. The maximum absolute atomic E-state index is 12.9. The van der Waals surface area contributed by atoms with Gasteiger partial charge in [0.25, 0.3) is 0 Å². The molecule has 3 fully saturated rings. The first-order chi connectivity index (χ1) is 25.8. The predicted molar refractivity (Wildman–Crippen MR) is 186 cm³/mol. The van der Waals surface area contributed by atoms with E-state index in [9.17, 15) is 66.1 Å². The van der Waals surface area contributed by atoms with Gasteiger partial charge in [-0.1, -0.05) is 96.8 Å². The monoisotopic (exact) mass is 786 g/mol. The lowest BCUT2D eigenvalue weighted by molar-refractivity contribution is -0.420. The molecule has 3 aliphatic rings. The predicted octanol–water partition coefficient (Wildman–Crippen LogP) is -1.63. The molecule has 12 N–H and O–H groups in total. The summed E-state index contributed by atoms with van der Waals surface area (Å²) in [5.41, 5.74) is 0. The van der Waals surface area contributed by atoms with E-state index >= 15 is 0 Å². The lowest BCUT2D eigenvalue weighted by Crippen LogP contribution is -2.73. The van der Waals surface area contributed by atoms with Crippen LogP contribution < -0.4 is 0 Å². The summed E-state index contributed by atoms with van der Waals surface area (Å²) in [6, 6.07) is 0. The number of aliphatic hydroxyl groups excluding tert-OH is 11. The second-order valence-electron chi connectivity index (χ2n) is 14.9. The smallest absolute Gasteiger partial charge is 0.312 e. The van der Waals surface area contributed by atoms with Crippen LogP contribution in [0.25, 0.3) is 0 Å². The molecular weight excluding hydrogens is 720 g/mol. The first-order valence-electron chi connectivity index (χ1n) is 19.6. The zero-order valence-electron chi connectivity index (χ0n) is 31.2. The van der Waals surface area contributed by atoms with E-state index < -0.39 is 123 Å². The van der Waals surface area contributed by atoms with Crippen molar-refractivity contribution in [1.29, 1.82) is 0 Å². The average Bonchev–Trinajstić information content (AvgIpc) is 3.16. The number of rotatable bonds is 24. The van der Waals surface area contributed by atoms with Gasteiger partial charge in [-0.2, -0.15) is 0 Å². The zero-order chi connectivity index (χ0) is 40.0. The lowest BCUT2D eigenvalue weighted by atomic mass is 9.81. The van der Waals surface area contributed by atoms with Crippen molar-refractivity contribution in [2.45, 2.75) is 195 Å². The molecule has 0 amide bonds. The number of unbranched alkanes of at least 4 members (excludes halogenated alkanes) is 13. The fraction of sp³-hybridized carbons (Fsp3) is 0.972. The summed E-state index contributed by atoms with van der Waals surface area (Å²) in [7, 11) is 0. The summed E-state index contributed by atoms with van der Waals surface area (Å²) in [5.74, 6) is -6.08. The normalized spacial score (nSPS) is 39.4. The SMILES string of the molecule is CCCCCCCCCCCCCCCCC(C(=O)O)C1(O[C@H]2[C@H](O)[C@@H](O)C(O[C@H]3[C@H](O)[C@@H](O)[C@@H](O)O[C@@H]3CO)O[C@@H]2CO)O[C@H](CO)[C@@H](O)[C@H](O)[C@H]1O. The van der Waals surface area contributed by atoms with Gasteiger partial charge in [-0.3, -0.25) is 4.79 Å². The van der Waals surface area contributed by atoms with Crippen molar-refractivity contribution in [3.63, 3.8) is 0 Å². The molecule has 3 saturated heterocycles. The van der Waals surface area contributed by atoms with E-state index in [1.165, 1.54) is 44.9 Å². The highest BCUT2D eigenvalue weighted by molar-refractivity contribution is 5.71. The van der Waals surface area contributed by atoms with Crippen LogP contribution in [0, 0.1) is 5.92 Å². The molecule has 54 heavy (non-hydrogen) atoms. The molecule has 0 aliphatic carbocycles. The highest BCUT2D eigenvalue weighted by atomic mass is 16.8. The summed E-state index contributed by atoms with van der Waals surface area (Å²) in [5, 5.41) is 126. The Morgan fingerprint density at radius 1 is 0.593 bits per heavy atom. The van der Waals surface area contributed by atoms with Gasteiger partial charge in [0.15, 0.2) is 12.6 Å². The molecule has 0 aromatic carbocycles. The van der Waals surface area contributed by atoms with Crippen molar-refractivity contribution in [2.75, 3.05) is 19.8 Å². The molecule has 18 nitrogen and oxygen atoms in total. The largest absolute Gasteiger partial charge is 0.481 e. The second kappa shape index (κ2) is 23.3. The van der Waals surface area contributed by atoms with E-state index in [1.807, 2.05) is 0 Å². The van der Waals surface area contributed by atoms with Crippen LogP contribution in [0.4, 0.5) is 0 Å². The van der Waals surface area contributed by atoms with Crippen LogP contribution in [0.2, 0.25) is 0 Å². The molecule has 0 saturated carbocycles. The van der Waals surface area contributed by atoms with Gasteiger partial charge in [0.1, 0.15) is 79.2 Å². The number of carbonyl (C=O) groups is 1. The summed E-state index contributed by atoms with van der Waals surface area (Å²) in [4.78, 5) is 12.9. The van der Waals surface area contributed by atoms with Crippen molar-refractivity contribution in [3.05, 3.63) is 0 Å². The Balaban J connectivity index is 1.71. The molecule has 0 aromatic heterocycles. The van der Waals surface area contributed by atoms with Crippen LogP contribution in [0.5, 0.6) is 0 Å². The number of carboxylic acids is 1. The Labute approximate surface area is 316 Å². The van der Waals surface area contributed by atoms with E-state index in [-0.39, 0.29) is 6.42 Å². The Kier molecular flexibility index (Phi) is 20.4. The van der Waals surface area contributed by atoms with Crippen LogP contribution in [-0.2, 0) is 28.5 Å². The van der Waals surface area contributed by atoms with Crippen LogP contribution in [0.3, 0.4) is 0 Å². The van der Waals surface area contributed by atoms with Crippen molar-refractivity contribution in [1.82, 2.24) is 0 Å². The minimum Gasteiger partial charge on any atom is -0.481 e. The Bertz CT molecular complexity index is 1050. The van der Waals surface area contributed by atoms with Crippen LogP contribution in [0.15, 0.2) is 0 Å². The Hall–Kier alpha value is -1.17. The minimum atomic E-state index is -2.76. The molecular formula is C36H66O18. The van der Waals surface area contributed by atoms with Gasteiger partial charge >= 0.3 is 5.97 Å². The third-order valence-electron chi connectivity index (χ3n) is 10.9. The average molecular weight is 787 g/mol. The van der Waals surface area contributed by atoms with Crippen molar-refractivity contribution < 1.29 is 89.8 Å². The topological polar surface area (TPSA) is 306 Å². The number of carboxylic acid groups (broad SMARTS) is 1. The van der Waals surface area contributed by atoms with Crippen molar-refractivity contribution in [3.8, 4) is 0 Å². The van der Waals surface area contributed by atoms with Crippen LogP contribution in [-0.4, -0.2) is 179 Å². The Morgan fingerprint density at radius 2 is 1.07 bits per heavy atom. The third kappa shape index (κ3) is 11.9. The molecule has 3 unspecified atom stereocenters. The second-order valence-corrected chi connectivity index (χ2v) is 14.9. The van der Waals surface area contributed by atoms with Crippen molar-refractivity contribution in [2.24, 2.45) is 5.92 Å². The molecule has 3 aliphatic heterocycles. The maximum Gasteiger partial charge on any atom is 0.312 e. The summed E-state index contributed by atoms with van der Waals surface area (Å²) >= 11 is 0. The first kappa shape index (κ1) is 47.2. The summed E-state index contributed by atoms with van der Waals surface area (Å²) in [6.07, 6.45) is -11.8. The highest BCUT2D eigenvalue weighted by Gasteiger charge is 2.63. The number of hydrogen-bond acceptors (Lipinski definition) is 17. The molecule has 0 aromatic rings. The standard InChI is InChI=1S/C36H66O18/c1-2-3-4-5-6-7-8-9-10-11-12-13-14-15-16-20(33(47)48)36(32(46)27(43)24(40)21(17-37)53-36)54-31-23(19-39)51-35(29(45)26(31)42)52-30-22(18-38)50-34(49)28(44)25(30)41/h20-32,34-35,37-46,49H,2-19H2,1H3,(H,47,48)/t20?,21-,22-,23-,24-,25-,26-,27+,28-,29-,30-,31-,32-,34+,35?,36?/m1/s1. The zero-order valence-corrected chi connectivity index (χ0v) is 31.2. The number of hydrogen-bond donors (Lipinski definition) is 12. The minimum absolute atomic E-state index is 0.177. The molecule has 3 heterocycles. The van der Waals surface area contributed by atoms with Crippen LogP contribution >= 0.6 is 0 Å². The van der Waals surface area contributed by atoms with E-state index in [4.69, 9.17) is 23.7 Å². The maximum atomic E-state index is 12.9. The van der Waals surface area contributed by atoms with Crippen LogP contribution in [0.1, 0.15) is 103 Å². The van der Waals surface area contributed by atoms with Gasteiger partial charge < -0.3 is 85.0 Å². The van der Waals surface area contributed by atoms with Gasteiger partial charge in [-0.25, -0.2) is 0 Å². The van der Waals surface area contributed by atoms with Gasteiger partial charge in [-0.15, -0.1) is 0 Å². The highest BCUT2D eigenvalue weighted by Crippen LogP contribution is 2.43. The molecule has 18 heteroatoms. The summed E-state index contributed by atoms with van der Waals surface area (Å²) in [6.45, 7) is -0.532. The quantitative estimate of drug-likeness (QED) is 0.0489. The van der Waals surface area contributed by atoms with E-state index in [0.29, 0.717) is 12.8 Å². The molecule has 3 rings (SSSR count). The Morgan fingerprint density at radius 3 is 1.57 bits per heavy atom. The van der Waals surface area contributed by atoms with Gasteiger partial charge in [0.05, 0.1) is 19.8 Å². The van der Waals surface area contributed by atoms with E-state index in [2.05, 4.69) is 6.92 Å². The lowest BCUT2D eigenvalue weighted by Gasteiger charge is -2.54.